The number of aromatic carboxylic acids is 4. The molecule has 0 saturated carbocycles. The number of carboxylic acid groups (broad SMARTS) is 4. The molecule has 0 aliphatic heterocycles. The fourth-order valence-electron chi connectivity index (χ4n) is 2.93. The predicted molar refractivity (Wildman–Crippen MR) is 119 cm³/mol. The molecule has 0 aliphatic rings. The van der Waals surface area contributed by atoms with Gasteiger partial charge in [-0.3, -0.25) is 0 Å². The summed E-state index contributed by atoms with van der Waals surface area (Å²) in [6.45, 7) is 0. The number of carboxylic acids is 4. The van der Waals surface area contributed by atoms with Crippen LogP contribution in [0.3, 0.4) is 0 Å². The first-order valence-corrected chi connectivity index (χ1v) is 9.51. The molecular weight excluding hydrogens is 440 g/mol. The molecule has 0 aliphatic carbocycles. The van der Waals surface area contributed by atoms with Crippen LogP contribution in [0.25, 0.3) is 0 Å². The van der Waals surface area contributed by atoms with Gasteiger partial charge in [-0.1, -0.05) is 29.7 Å². The second-order valence-corrected chi connectivity index (χ2v) is 6.82. The molecule has 0 aromatic heterocycles. The Kier molecular flexibility index (Phi) is 6.76. The zero-order valence-corrected chi connectivity index (χ0v) is 17.2. The van der Waals surface area contributed by atoms with Gasteiger partial charge in [-0.15, -0.1) is 0 Å². The van der Waals surface area contributed by atoms with Crippen LogP contribution < -0.4 is 0 Å². The Hall–Kier alpha value is -5.34. The van der Waals surface area contributed by atoms with E-state index in [1.807, 2.05) is 0 Å². The molecule has 0 amide bonds. The molecule has 8 heteroatoms. The van der Waals surface area contributed by atoms with Gasteiger partial charge in [-0.25, -0.2) is 19.2 Å². The van der Waals surface area contributed by atoms with Gasteiger partial charge in [0.25, 0.3) is 0 Å². The quantitative estimate of drug-likeness (QED) is 0.439. The summed E-state index contributed by atoms with van der Waals surface area (Å²) in [5, 5.41) is 36.6. The van der Waals surface area contributed by atoms with Crippen molar-refractivity contribution >= 4 is 23.9 Å². The molecule has 3 rings (SSSR count). The van der Waals surface area contributed by atoms with Gasteiger partial charge in [0, 0.05) is 22.3 Å². The third-order valence-electron chi connectivity index (χ3n) is 4.53. The van der Waals surface area contributed by atoms with Crippen LogP contribution in [0.2, 0.25) is 0 Å². The lowest BCUT2D eigenvalue weighted by atomic mass is 10.0. The molecule has 4 N–H and O–H groups in total. The molecule has 0 atom stereocenters. The van der Waals surface area contributed by atoms with Crippen LogP contribution in [0, 0.1) is 23.7 Å². The van der Waals surface area contributed by atoms with Gasteiger partial charge in [0.1, 0.15) is 0 Å². The summed E-state index contributed by atoms with van der Waals surface area (Å²) in [6.07, 6.45) is 0. The molecule has 0 fully saturated rings. The topological polar surface area (TPSA) is 149 Å². The van der Waals surface area contributed by atoms with E-state index in [4.69, 9.17) is 10.2 Å². The van der Waals surface area contributed by atoms with Crippen LogP contribution in [-0.2, 0) is 0 Å². The van der Waals surface area contributed by atoms with Crippen LogP contribution in [0.4, 0.5) is 0 Å². The van der Waals surface area contributed by atoms with Gasteiger partial charge < -0.3 is 20.4 Å². The summed E-state index contributed by atoms with van der Waals surface area (Å²) < 4.78 is 0. The maximum absolute atomic E-state index is 11.3. The molecule has 0 heterocycles. The standard InChI is InChI=1S/C26H14O8/c27-23(28)19-10-8-17(13-21(19)25(31)32)6-4-15-2-1-3-16(12-15)5-7-18-9-11-20(24(29)30)22(14-18)26(33)34/h1-3,8-14H,(H,27,28)(H,29,30)(H,31,32)(H,33,34). The third kappa shape index (κ3) is 5.47. The Bertz CT molecular complexity index is 1370. The first-order valence-electron chi connectivity index (χ1n) is 9.51. The molecule has 166 valence electrons. The minimum Gasteiger partial charge on any atom is -0.478 e. The van der Waals surface area contributed by atoms with Crippen molar-refractivity contribution in [3.63, 3.8) is 0 Å². The van der Waals surface area contributed by atoms with Crippen LogP contribution in [0.5, 0.6) is 0 Å². The summed E-state index contributed by atoms with van der Waals surface area (Å²) in [6, 6.07) is 14.3. The SMILES string of the molecule is O=C(O)c1ccc(C#Cc2cccc(C#Cc3ccc(C(=O)O)c(C(=O)O)c3)c2)cc1C(=O)O. The Labute approximate surface area is 192 Å². The summed E-state index contributed by atoms with van der Waals surface area (Å²) >= 11 is 0. The lowest BCUT2D eigenvalue weighted by Gasteiger charge is -2.02. The van der Waals surface area contributed by atoms with E-state index in [2.05, 4.69) is 23.7 Å². The highest BCUT2D eigenvalue weighted by atomic mass is 16.4. The van der Waals surface area contributed by atoms with Gasteiger partial charge in [0.15, 0.2) is 0 Å². The highest BCUT2D eigenvalue weighted by Crippen LogP contribution is 2.14. The van der Waals surface area contributed by atoms with E-state index >= 15 is 0 Å². The average molecular weight is 454 g/mol. The molecule has 0 unspecified atom stereocenters. The molecule has 0 spiro atoms. The maximum atomic E-state index is 11.3. The van der Waals surface area contributed by atoms with E-state index in [9.17, 15) is 29.4 Å². The predicted octanol–water partition coefficient (Wildman–Crippen LogP) is 3.28. The largest absolute Gasteiger partial charge is 0.478 e. The molecule has 0 saturated heterocycles. The Morgan fingerprint density at radius 1 is 0.441 bits per heavy atom. The van der Waals surface area contributed by atoms with Gasteiger partial charge in [0.05, 0.1) is 22.3 Å². The Morgan fingerprint density at radius 3 is 1.09 bits per heavy atom. The molecule has 3 aromatic carbocycles. The van der Waals surface area contributed by atoms with Crippen molar-refractivity contribution in [2.75, 3.05) is 0 Å². The number of carbonyl (C=O) groups is 4. The van der Waals surface area contributed by atoms with Crippen LogP contribution in [-0.4, -0.2) is 44.3 Å². The van der Waals surface area contributed by atoms with Gasteiger partial charge in [-0.05, 0) is 54.6 Å². The fraction of sp³-hybridized carbons (Fsp3) is 0. The Morgan fingerprint density at radius 2 is 0.765 bits per heavy atom. The second kappa shape index (κ2) is 9.86. The van der Waals surface area contributed by atoms with Crippen molar-refractivity contribution in [3.8, 4) is 23.7 Å². The smallest absolute Gasteiger partial charge is 0.336 e. The fourth-order valence-corrected chi connectivity index (χ4v) is 2.93. The van der Waals surface area contributed by atoms with Crippen molar-refractivity contribution in [1.29, 1.82) is 0 Å². The van der Waals surface area contributed by atoms with Gasteiger partial charge >= 0.3 is 23.9 Å². The summed E-state index contributed by atoms with van der Waals surface area (Å²) in [5.41, 5.74) is 0.340. The zero-order valence-electron chi connectivity index (χ0n) is 17.2. The monoisotopic (exact) mass is 454 g/mol. The van der Waals surface area contributed by atoms with E-state index < -0.39 is 23.9 Å². The van der Waals surface area contributed by atoms with Gasteiger partial charge in [0.2, 0.25) is 0 Å². The lowest BCUT2D eigenvalue weighted by Crippen LogP contribution is -2.08. The maximum Gasteiger partial charge on any atom is 0.336 e. The van der Waals surface area contributed by atoms with E-state index in [0.717, 1.165) is 0 Å². The molecular formula is C26H14O8. The summed E-state index contributed by atoms with van der Waals surface area (Å²) in [7, 11) is 0. The van der Waals surface area contributed by atoms with Crippen molar-refractivity contribution in [1.82, 2.24) is 0 Å². The number of rotatable bonds is 4. The average Bonchev–Trinajstić information content (AvgIpc) is 2.81. The minimum absolute atomic E-state index is 0.318. The summed E-state index contributed by atoms with van der Waals surface area (Å²) in [5.74, 6) is 5.83. The van der Waals surface area contributed by atoms with E-state index in [0.29, 0.717) is 22.3 Å². The first-order chi connectivity index (χ1) is 16.2. The molecule has 34 heavy (non-hydrogen) atoms. The van der Waals surface area contributed by atoms with Crippen molar-refractivity contribution in [3.05, 3.63) is 105 Å². The van der Waals surface area contributed by atoms with Crippen LogP contribution >= 0.6 is 0 Å². The Balaban J connectivity index is 1.89. The zero-order chi connectivity index (χ0) is 24.8. The molecule has 3 aromatic rings. The number of benzene rings is 3. The van der Waals surface area contributed by atoms with Crippen molar-refractivity contribution < 1.29 is 39.6 Å². The normalized spacial score (nSPS) is 9.65. The van der Waals surface area contributed by atoms with E-state index in [1.165, 1.54) is 36.4 Å². The highest BCUT2D eigenvalue weighted by Gasteiger charge is 2.16. The number of hydrogen-bond donors (Lipinski definition) is 4. The van der Waals surface area contributed by atoms with E-state index in [-0.39, 0.29) is 22.3 Å². The number of hydrogen-bond acceptors (Lipinski definition) is 4. The van der Waals surface area contributed by atoms with E-state index in [1.54, 1.807) is 24.3 Å². The first kappa shape index (κ1) is 23.3. The van der Waals surface area contributed by atoms with Crippen LogP contribution in [0.15, 0.2) is 60.7 Å². The highest BCUT2D eigenvalue weighted by molar-refractivity contribution is 6.02. The summed E-state index contributed by atoms with van der Waals surface area (Å²) in [4.78, 5) is 44.9. The molecule has 8 nitrogen and oxygen atoms in total. The van der Waals surface area contributed by atoms with Crippen molar-refractivity contribution in [2.24, 2.45) is 0 Å². The van der Waals surface area contributed by atoms with Gasteiger partial charge in [-0.2, -0.15) is 0 Å². The minimum atomic E-state index is -1.37. The van der Waals surface area contributed by atoms with Crippen molar-refractivity contribution in [2.45, 2.75) is 0 Å². The van der Waals surface area contributed by atoms with Crippen LogP contribution in [0.1, 0.15) is 63.7 Å². The third-order valence-corrected chi connectivity index (χ3v) is 4.53. The molecule has 0 radical (unpaired) electrons. The lowest BCUT2D eigenvalue weighted by molar-refractivity contribution is 0.0651. The molecule has 0 bridgehead atoms. The second-order valence-electron chi connectivity index (χ2n) is 6.82.